The molecule has 0 radical (unpaired) electrons. The van der Waals surface area contributed by atoms with Crippen molar-refractivity contribution in [1.82, 2.24) is 0 Å². The summed E-state index contributed by atoms with van der Waals surface area (Å²) in [7, 11) is 0. The first-order valence-electron chi connectivity index (χ1n) is 15.1. The number of allylic oxidation sites excluding steroid dienone is 1. The highest BCUT2D eigenvalue weighted by Gasteiger charge is 2.43. The van der Waals surface area contributed by atoms with E-state index in [4.69, 9.17) is 0 Å². The van der Waals surface area contributed by atoms with Gasteiger partial charge in [-0.25, -0.2) is 0 Å². The first-order valence-corrected chi connectivity index (χ1v) is 17.5. The first-order chi connectivity index (χ1) is 20.4. The predicted molar refractivity (Wildman–Crippen MR) is 187 cm³/mol. The van der Waals surface area contributed by atoms with Crippen LogP contribution in [0.4, 0.5) is 0 Å². The van der Waals surface area contributed by atoms with E-state index in [0.717, 1.165) is 12.8 Å². The lowest BCUT2D eigenvalue weighted by atomic mass is 9.70. The molecule has 0 amide bonds. The van der Waals surface area contributed by atoms with Gasteiger partial charge in [-0.1, -0.05) is 111 Å². The van der Waals surface area contributed by atoms with Gasteiger partial charge in [0.2, 0.25) is 0 Å². The monoisotopic (exact) mass is 584 g/mol. The maximum atomic E-state index is 2.47. The van der Waals surface area contributed by atoms with Crippen molar-refractivity contribution in [2.45, 2.75) is 61.2 Å². The van der Waals surface area contributed by atoms with Crippen LogP contribution in [0.1, 0.15) is 67.0 Å². The van der Waals surface area contributed by atoms with Gasteiger partial charge in [-0.05, 0) is 107 Å². The zero-order valence-corrected chi connectivity index (χ0v) is 27.3. The summed E-state index contributed by atoms with van der Waals surface area (Å²) in [4.78, 5) is 2.72. The maximum Gasteiger partial charge on any atom is 0.0356 e. The van der Waals surface area contributed by atoms with E-state index in [1.54, 1.807) is 0 Å². The molecule has 0 aromatic heterocycles. The van der Waals surface area contributed by atoms with Crippen molar-refractivity contribution < 1.29 is 0 Å². The molecule has 212 valence electrons. The molecule has 0 atom stereocenters. The zero-order valence-electron chi connectivity index (χ0n) is 25.6. The Labute approximate surface area is 260 Å². The molecule has 5 aromatic carbocycles. The molecule has 1 aliphatic rings. The lowest BCUT2D eigenvalue weighted by molar-refractivity contribution is 0.489. The first kappa shape index (κ1) is 28.9. The Bertz CT molecular complexity index is 1740. The van der Waals surface area contributed by atoms with Crippen LogP contribution in [-0.2, 0) is 10.8 Å². The predicted octanol–water partition coefficient (Wildman–Crippen LogP) is 11.7. The molecule has 42 heavy (non-hydrogen) atoms. The molecule has 0 saturated carbocycles. The van der Waals surface area contributed by atoms with Crippen molar-refractivity contribution in [3.8, 4) is 11.1 Å². The van der Waals surface area contributed by atoms with Crippen LogP contribution in [0.5, 0.6) is 0 Å². The zero-order chi connectivity index (χ0) is 29.5. The average molecular weight is 585 g/mol. The quantitative estimate of drug-likeness (QED) is 0.166. The molecule has 0 nitrogen and oxygen atoms in total. The second kappa shape index (κ2) is 11.5. The van der Waals surface area contributed by atoms with Gasteiger partial charge in [-0.3, -0.25) is 0 Å². The van der Waals surface area contributed by atoms with E-state index in [1.807, 2.05) is 23.5 Å². The van der Waals surface area contributed by atoms with E-state index in [9.17, 15) is 0 Å². The Kier molecular flexibility index (Phi) is 7.89. The highest BCUT2D eigenvalue weighted by molar-refractivity contribution is 8.01. The van der Waals surface area contributed by atoms with Crippen molar-refractivity contribution in [1.29, 1.82) is 0 Å². The van der Waals surface area contributed by atoms with E-state index in [1.165, 1.54) is 65.1 Å². The fraction of sp³-hybridized carbons (Fsp3) is 0.250. The van der Waals surface area contributed by atoms with Crippen LogP contribution in [0, 0.1) is 6.92 Å². The molecule has 0 heterocycles. The normalized spacial score (nSPS) is 14.0. The Hall–Kier alpha value is -3.20. The number of thioether (sulfide) groups is 2. The van der Waals surface area contributed by atoms with Crippen molar-refractivity contribution >= 4 is 40.4 Å². The van der Waals surface area contributed by atoms with E-state index >= 15 is 0 Å². The second-order valence-corrected chi connectivity index (χ2v) is 13.3. The Morgan fingerprint density at radius 1 is 0.714 bits per heavy atom. The standard InChI is InChI=1S/C40H40S2/c1-7-40(8-2)34-22-16-15-21-31(34)37-33-26-36(42-6)35(41-5)25-32(33)27(3)30(38(37)40)23-24-39(4,28-17-11-9-12-18-28)29-19-13-10-14-20-29/h9-26H,7-8H2,1-6H3/b24-23-. The molecule has 0 N–H and O–H groups in total. The minimum Gasteiger partial charge on any atom is -0.128 e. The van der Waals surface area contributed by atoms with Gasteiger partial charge in [-0.2, -0.15) is 0 Å². The summed E-state index contributed by atoms with van der Waals surface area (Å²) in [5.41, 5.74) is 10.9. The Morgan fingerprint density at radius 2 is 1.24 bits per heavy atom. The van der Waals surface area contributed by atoms with Gasteiger partial charge in [0, 0.05) is 20.6 Å². The molecule has 0 aliphatic heterocycles. The van der Waals surface area contributed by atoms with Crippen LogP contribution in [0.15, 0.2) is 113 Å². The molecule has 0 saturated heterocycles. The highest BCUT2D eigenvalue weighted by Crippen LogP contribution is 2.57. The van der Waals surface area contributed by atoms with Crippen LogP contribution in [0.2, 0.25) is 0 Å². The largest absolute Gasteiger partial charge is 0.128 e. The molecule has 0 bridgehead atoms. The number of benzene rings is 5. The van der Waals surface area contributed by atoms with Crippen LogP contribution in [0.25, 0.3) is 28.0 Å². The van der Waals surface area contributed by atoms with Gasteiger partial charge in [0.25, 0.3) is 0 Å². The molecule has 6 rings (SSSR count). The summed E-state index contributed by atoms with van der Waals surface area (Å²) in [5, 5.41) is 2.77. The van der Waals surface area contributed by atoms with Crippen LogP contribution in [-0.4, -0.2) is 12.5 Å². The van der Waals surface area contributed by atoms with Crippen molar-refractivity contribution in [3.05, 3.63) is 137 Å². The third-order valence-corrected chi connectivity index (χ3v) is 11.5. The molecular formula is C40H40S2. The van der Waals surface area contributed by atoms with Gasteiger partial charge in [-0.15, -0.1) is 23.5 Å². The number of hydrogen-bond donors (Lipinski definition) is 0. The fourth-order valence-electron chi connectivity index (χ4n) is 7.40. The summed E-state index contributed by atoms with van der Waals surface area (Å²) in [6, 6.07) is 36.1. The third-order valence-electron chi connectivity index (χ3n) is 9.85. The van der Waals surface area contributed by atoms with E-state index in [2.05, 4.69) is 149 Å². The Morgan fingerprint density at radius 3 is 1.79 bits per heavy atom. The smallest absolute Gasteiger partial charge is 0.0356 e. The summed E-state index contributed by atoms with van der Waals surface area (Å²) in [6.07, 6.45) is 11.5. The summed E-state index contributed by atoms with van der Waals surface area (Å²) < 4.78 is 0. The van der Waals surface area contributed by atoms with Crippen LogP contribution in [0.3, 0.4) is 0 Å². The van der Waals surface area contributed by atoms with Gasteiger partial charge in [0.1, 0.15) is 0 Å². The Balaban J connectivity index is 1.72. The molecular weight excluding hydrogens is 545 g/mol. The average Bonchev–Trinajstić information content (AvgIpc) is 3.35. The lowest BCUT2D eigenvalue weighted by Crippen LogP contribution is -2.25. The summed E-state index contributed by atoms with van der Waals surface area (Å²) in [5.74, 6) is 0. The van der Waals surface area contributed by atoms with Crippen molar-refractivity contribution in [2.24, 2.45) is 0 Å². The van der Waals surface area contributed by atoms with Crippen LogP contribution < -0.4 is 0 Å². The number of fused-ring (bicyclic) bond motifs is 5. The molecule has 2 heteroatoms. The second-order valence-electron chi connectivity index (χ2n) is 11.6. The maximum absolute atomic E-state index is 2.47. The number of hydrogen-bond acceptors (Lipinski definition) is 2. The van der Waals surface area contributed by atoms with Gasteiger partial charge >= 0.3 is 0 Å². The number of rotatable bonds is 8. The van der Waals surface area contributed by atoms with E-state index in [-0.39, 0.29) is 10.8 Å². The fourth-order valence-corrected chi connectivity index (χ4v) is 8.89. The summed E-state index contributed by atoms with van der Waals surface area (Å²) in [6.45, 7) is 9.48. The third kappa shape index (κ3) is 4.38. The van der Waals surface area contributed by atoms with Gasteiger partial charge < -0.3 is 0 Å². The van der Waals surface area contributed by atoms with Crippen molar-refractivity contribution in [2.75, 3.05) is 12.5 Å². The lowest BCUT2D eigenvalue weighted by Gasteiger charge is -2.33. The molecule has 0 fully saturated rings. The molecule has 1 aliphatic carbocycles. The molecule has 0 unspecified atom stereocenters. The van der Waals surface area contributed by atoms with E-state index in [0.29, 0.717) is 0 Å². The minimum atomic E-state index is -0.267. The highest BCUT2D eigenvalue weighted by atomic mass is 32.2. The minimum absolute atomic E-state index is 0.0157. The van der Waals surface area contributed by atoms with E-state index < -0.39 is 0 Å². The van der Waals surface area contributed by atoms with Gasteiger partial charge in [0.05, 0.1) is 0 Å². The topological polar surface area (TPSA) is 0 Å². The van der Waals surface area contributed by atoms with Crippen LogP contribution >= 0.6 is 23.5 Å². The summed E-state index contributed by atoms with van der Waals surface area (Å²) >= 11 is 3.71. The SMILES string of the molecule is CCC1(CC)c2ccccc2-c2c1c(/C=C\C(C)(c1ccccc1)c1ccccc1)c(C)c1cc(SC)c(SC)cc21. The molecule has 0 spiro atoms. The van der Waals surface area contributed by atoms with Gasteiger partial charge in [0.15, 0.2) is 0 Å². The number of aryl methyl sites for hydroxylation is 1. The molecule has 5 aromatic rings. The van der Waals surface area contributed by atoms with Crippen molar-refractivity contribution in [3.63, 3.8) is 0 Å².